The molecule has 1 amide bonds. The lowest BCUT2D eigenvalue weighted by atomic mass is 10.0. The van der Waals surface area contributed by atoms with Gasteiger partial charge in [-0.15, -0.1) is 0 Å². The number of piperidine rings is 1. The second-order valence-electron chi connectivity index (χ2n) is 4.85. The predicted octanol–water partition coefficient (Wildman–Crippen LogP) is 0.280. The molecule has 0 spiro atoms. The first-order chi connectivity index (χ1) is 8.76. The van der Waals surface area contributed by atoms with Crippen LogP contribution in [0.1, 0.15) is 32.6 Å². The molecule has 0 aromatic carbocycles. The highest BCUT2D eigenvalue weighted by molar-refractivity contribution is 5.77. The molecule has 1 aliphatic heterocycles. The summed E-state index contributed by atoms with van der Waals surface area (Å²) in [4.78, 5) is 11.6. The van der Waals surface area contributed by atoms with Gasteiger partial charge in [-0.1, -0.05) is 13.3 Å². The second-order valence-corrected chi connectivity index (χ2v) is 4.85. The van der Waals surface area contributed by atoms with Crippen molar-refractivity contribution >= 4 is 5.91 Å². The van der Waals surface area contributed by atoms with E-state index in [-0.39, 0.29) is 25.2 Å². The molecule has 0 aromatic heterocycles. The first-order valence-corrected chi connectivity index (χ1v) is 6.96. The minimum Gasteiger partial charge on any atom is -0.396 e. The van der Waals surface area contributed by atoms with Crippen molar-refractivity contribution in [3.05, 3.63) is 0 Å². The number of carbonyl (C=O) groups excluding carboxylic acids is 1. The van der Waals surface area contributed by atoms with Crippen LogP contribution in [0.25, 0.3) is 0 Å². The van der Waals surface area contributed by atoms with Crippen molar-refractivity contribution in [2.75, 3.05) is 32.8 Å². The summed E-state index contributed by atoms with van der Waals surface area (Å²) in [5.74, 6) is 0.308. The van der Waals surface area contributed by atoms with Crippen LogP contribution in [-0.2, 0) is 9.53 Å². The first kappa shape index (κ1) is 15.4. The number of carbonyl (C=O) groups is 1. The Bertz CT molecular complexity index is 220. The van der Waals surface area contributed by atoms with E-state index in [1.54, 1.807) is 0 Å². The maximum Gasteiger partial charge on any atom is 0.246 e. The molecule has 106 valence electrons. The molecule has 1 fully saturated rings. The largest absolute Gasteiger partial charge is 0.396 e. The number of rotatable bonds is 8. The second kappa shape index (κ2) is 9.30. The Labute approximate surface area is 109 Å². The molecular formula is C13H26N2O3. The topological polar surface area (TPSA) is 70.6 Å². The summed E-state index contributed by atoms with van der Waals surface area (Å²) in [5, 5.41) is 15.0. The molecular weight excluding hydrogens is 232 g/mol. The molecule has 0 saturated carbocycles. The highest BCUT2D eigenvalue weighted by Gasteiger charge is 2.15. The zero-order chi connectivity index (χ0) is 13.2. The van der Waals surface area contributed by atoms with Crippen molar-refractivity contribution in [1.29, 1.82) is 0 Å². The van der Waals surface area contributed by atoms with Crippen molar-refractivity contribution in [3.8, 4) is 0 Å². The van der Waals surface area contributed by atoms with E-state index in [4.69, 9.17) is 9.84 Å². The summed E-state index contributed by atoms with van der Waals surface area (Å²) >= 11 is 0. The summed E-state index contributed by atoms with van der Waals surface area (Å²) in [6.07, 6.45) is 3.89. The zero-order valence-electron chi connectivity index (χ0n) is 11.3. The van der Waals surface area contributed by atoms with E-state index in [9.17, 15) is 4.79 Å². The smallest absolute Gasteiger partial charge is 0.246 e. The minimum absolute atomic E-state index is 0.0510. The van der Waals surface area contributed by atoms with Crippen molar-refractivity contribution in [2.24, 2.45) is 5.92 Å². The van der Waals surface area contributed by atoms with E-state index in [0.717, 1.165) is 38.8 Å². The molecule has 1 aliphatic rings. The Kier molecular flexibility index (Phi) is 7.96. The number of nitrogens with one attached hydrogen (secondary N) is 2. The van der Waals surface area contributed by atoms with E-state index >= 15 is 0 Å². The van der Waals surface area contributed by atoms with Crippen LogP contribution >= 0.6 is 0 Å². The predicted molar refractivity (Wildman–Crippen MR) is 70.3 cm³/mol. The van der Waals surface area contributed by atoms with Crippen LogP contribution in [0.4, 0.5) is 0 Å². The van der Waals surface area contributed by atoms with Gasteiger partial charge in [0, 0.05) is 13.2 Å². The molecule has 1 rings (SSSR count). The van der Waals surface area contributed by atoms with Crippen LogP contribution < -0.4 is 10.6 Å². The maximum atomic E-state index is 11.6. The van der Waals surface area contributed by atoms with Gasteiger partial charge in [-0.05, 0) is 38.3 Å². The van der Waals surface area contributed by atoms with Gasteiger partial charge in [0.25, 0.3) is 0 Å². The van der Waals surface area contributed by atoms with Crippen LogP contribution in [-0.4, -0.2) is 50.0 Å². The van der Waals surface area contributed by atoms with Crippen molar-refractivity contribution in [1.82, 2.24) is 10.6 Å². The Morgan fingerprint density at radius 2 is 2.22 bits per heavy atom. The molecule has 1 atom stereocenters. The van der Waals surface area contributed by atoms with Gasteiger partial charge in [0.1, 0.15) is 6.61 Å². The maximum absolute atomic E-state index is 11.6. The van der Waals surface area contributed by atoms with Gasteiger partial charge in [0.2, 0.25) is 5.91 Å². The minimum atomic E-state index is -0.0510. The fraction of sp³-hybridized carbons (Fsp3) is 0.923. The lowest BCUT2D eigenvalue weighted by Gasteiger charge is -2.22. The third-order valence-electron chi connectivity index (χ3n) is 3.44. The quantitative estimate of drug-likeness (QED) is 0.585. The standard InChI is InChI=1S/C13H26N2O3/c1-2-11(5-8-16)9-15-13(17)10-18-12-3-6-14-7-4-12/h11-12,14,16H,2-10H2,1H3,(H,15,17). The average Bonchev–Trinajstić information content (AvgIpc) is 2.42. The molecule has 1 saturated heterocycles. The van der Waals surface area contributed by atoms with Gasteiger partial charge in [-0.25, -0.2) is 0 Å². The van der Waals surface area contributed by atoms with Crippen LogP contribution in [0.5, 0.6) is 0 Å². The Morgan fingerprint density at radius 3 is 2.83 bits per heavy atom. The molecule has 3 N–H and O–H groups in total. The van der Waals surface area contributed by atoms with Gasteiger partial charge in [-0.3, -0.25) is 4.79 Å². The molecule has 18 heavy (non-hydrogen) atoms. The van der Waals surface area contributed by atoms with E-state index in [2.05, 4.69) is 17.6 Å². The third kappa shape index (κ3) is 6.33. The Balaban J connectivity index is 2.08. The number of amides is 1. The summed E-state index contributed by atoms with van der Waals surface area (Å²) in [6, 6.07) is 0. The zero-order valence-corrected chi connectivity index (χ0v) is 11.3. The third-order valence-corrected chi connectivity index (χ3v) is 3.44. The lowest BCUT2D eigenvalue weighted by Crippen LogP contribution is -2.37. The highest BCUT2D eigenvalue weighted by atomic mass is 16.5. The number of aliphatic hydroxyl groups is 1. The Hall–Kier alpha value is -0.650. The summed E-state index contributed by atoms with van der Waals surface area (Å²) in [7, 11) is 0. The molecule has 0 aromatic rings. The summed E-state index contributed by atoms with van der Waals surface area (Å²) < 4.78 is 5.57. The van der Waals surface area contributed by atoms with Gasteiger partial charge >= 0.3 is 0 Å². The normalized spacial score (nSPS) is 18.6. The van der Waals surface area contributed by atoms with Gasteiger partial charge in [-0.2, -0.15) is 0 Å². The van der Waals surface area contributed by atoms with Crippen LogP contribution in [0.3, 0.4) is 0 Å². The van der Waals surface area contributed by atoms with E-state index in [1.165, 1.54) is 0 Å². The first-order valence-electron chi connectivity index (χ1n) is 6.96. The monoisotopic (exact) mass is 258 g/mol. The molecule has 1 heterocycles. The molecule has 5 nitrogen and oxygen atoms in total. The summed E-state index contributed by atoms with van der Waals surface area (Å²) in [6.45, 7) is 4.98. The van der Waals surface area contributed by atoms with Gasteiger partial charge < -0.3 is 20.5 Å². The SMILES string of the molecule is CCC(CCO)CNC(=O)COC1CCNCC1. The van der Waals surface area contributed by atoms with Crippen molar-refractivity contribution < 1.29 is 14.6 Å². The number of hydrogen-bond acceptors (Lipinski definition) is 4. The number of hydrogen-bond donors (Lipinski definition) is 3. The van der Waals surface area contributed by atoms with Gasteiger partial charge in [0.15, 0.2) is 0 Å². The highest BCUT2D eigenvalue weighted by Crippen LogP contribution is 2.07. The molecule has 5 heteroatoms. The average molecular weight is 258 g/mol. The fourth-order valence-electron chi connectivity index (χ4n) is 2.10. The van der Waals surface area contributed by atoms with E-state index in [0.29, 0.717) is 12.5 Å². The molecule has 1 unspecified atom stereocenters. The Morgan fingerprint density at radius 1 is 1.50 bits per heavy atom. The van der Waals surface area contributed by atoms with Crippen LogP contribution in [0.15, 0.2) is 0 Å². The van der Waals surface area contributed by atoms with Gasteiger partial charge in [0.05, 0.1) is 6.10 Å². The molecule has 0 bridgehead atoms. The number of aliphatic hydroxyl groups excluding tert-OH is 1. The lowest BCUT2D eigenvalue weighted by molar-refractivity contribution is -0.128. The molecule has 0 aliphatic carbocycles. The summed E-state index contributed by atoms with van der Waals surface area (Å²) in [5.41, 5.74) is 0. The van der Waals surface area contributed by atoms with E-state index < -0.39 is 0 Å². The van der Waals surface area contributed by atoms with Crippen LogP contribution in [0, 0.1) is 5.92 Å². The van der Waals surface area contributed by atoms with E-state index in [1.807, 2.05) is 0 Å². The fourth-order valence-corrected chi connectivity index (χ4v) is 2.10. The molecule has 0 radical (unpaired) electrons. The number of ether oxygens (including phenoxy) is 1. The van der Waals surface area contributed by atoms with Crippen molar-refractivity contribution in [3.63, 3.8) is 0 Å². The van der Waals surface area contributed by atoms with Crippen molar-refractivity contribution in [2.45, 2.75) is 38.7 Å². The van der Waals surface area contributed by atoms with Crippen LogP contribution in [0.2, 0.25) is 0 Å².